The zero-order chi connectivity index (χ0) is 11.1. The Morgan fingerprint density at radius 2 is 1.73 bits per heavy atom. The average Bonchev–Trinajstić information content (AvgIpc) is 2.65. The van der Waals surface area contributed by atoms with Gasteiger partial charge in [-0.05, 0) is 18.8 Å². The summed E-state index contributed by atoms with van der Waals surface area (Å²) in [6, 6.07) is 4.98. The minimum absolute atomic E-state index is 0.578. The van der Waals surface area contributed by atoms with Gasteiger partial charge in [-0.15, -0.1) is 0 Å². The molecule has 0 amide bonds. The van der Waals surface area contributed by atoms with E-state index in [2.05, 4.69) is 24.0 Å². The summed E-state index contributed by atoms with van der Waals surface area (Å²) >= 11 is 0. The number of nitrogens with zero attached hydrogens (tertiary/aromatic N) is 3. The van der Waals surface area contributed by atoms with E-state index in [0.29, 0.717) is 18.9 Å². The molecule has 2 atom stereocenters. The van der Waals surface area contributed by atoms with Gasteiger partial charge < -0.3 is 0 Å². The van der Waals surface area contributed by atoms with Gasteiger partial charge in [-0.25, -0.2) is 0 Å². The van der Waals surface area contributed by atoms with Crippen LogP contribution in [-0.4, -0.2) is 24.0 Å². The molecular formula is C12H19N3. The van der Waals surface area contributed by atoms with E-state index in [9.17, 15) is 0 Å². The minimum atomic E-state index is 0.578. The molecule has 0 N–H and O–H groups in total. The molecule has 15 heavy (non-hydrogen) atoms. The summed E-state index contributed by atoms with van der Waals surface area (Å²) in [4.78, 5) is 2.34. The first-order valence-electron chi connectivity index (χ1n) is 5.77. The highest BCUT2D eigenvalue weighted by atomic mass is 15.2. The van der Waals surface area contributed by atoms with E-state index in [4.69, 9.17) is 10.5 Å². The van der Waals surface area contributed by atoms with E-state index in [1.54, 1.807) is 0 Å². The SMILES string of the molecule is CC1CCCC1N(CCC#N)CCC#N. The van der Waals surface area contributed by atoms with Crippen LogP contribution in [0.2, 0.25) is 0 Å². The normalized spacial score (nSPS) is 25.1. The molecule has 0 spiro atoms. The van der Waals surface area contributed by atoms with Crippen LogP contribution in [0.4, 0.5) is 0 Å². The molecule has 1 aliphatic rings. The van der Waals surface area contributed by atoms with E-state index >= 15 is 0 Å². The molecule has 0 aliphatic heterocycles. The predicted octanol–water partition coefficient (Wildman–Crippen LogP) is 2.30. The monoisotopic (exact) mass is 205 g/mol. The van der Waals surface area contributed by atoms with Gasteiger partial charge in [0.1, 0.15) is 0 Å². The Hall–Kier alpha value is -1.06. The Morgan fingerprint density at radius 1 is 1.13 bits per heavy atom. The minimum Gasteiger partial charge on any atom is -0.298 e. The predicted molar refractivity (Wildman–Crippen MR) is 58.8 cm³/mol. The molecule has 82 valence electrons. The van der Waals surface area contributed by atoms with E-state index in [0.717, 1.165) is 19.0 Å². The highest BCUT2D eigenvalue weighted by Gasteiger charge is 2.28. The summed E-state index contributed by atoms with van der Waals surface area (Å²) < 4.78 is 0. The van der Waals surface area contributed by atoms with Crippen LogP contribution in [0.25, 0.3) is 0 Å². The highest BCUT2D eigenvalue weighted by Crippen LogP contribution is 2.29. The third-order valence-corrected chi connectivity index (χ3v) is 3.31. The fraction of sp³-hybridized carbons (Fsp3) is 0.833. The van der Waals surface area contributed by atoms with Crippen molar-refractivity contribution in [1.82, 2.24) is 4.90 Å². The zero-order valence-corrected chi connectivity index (χ0v) is 9.45. The summed E-state index contributed by atoms with van der Waals surface area (Å²) in [6.07, 6.45) is 4.98. The summed E-state index contributed by atoms with van der Waals surface area (Å²) in [5.74, 6) is 0.724. The summed E-state index contributed by atoms with van der Waals surface area (Å²) in [7, 11) is 0. The maximum atomic E-state index is 8.61. The maximum Gasteiger partial charge on any atom is 0.0635 e. The van der Waals surface area contributed by atoms with Crippen molar-refractivity contribution < 1.29 is 0 Å². The van der Waals surface area contributed by atoms with Gasteiger partial charge in [0, 0.05) is 32.0 Å². The van der Waals surface area contributed by atoms with Crippen LogP contribution in [0.15, 0.2) is 0 Å². The quantitative estimate of drug-likeness (QED) is 0.692. The summed E-state index contributed by atoms with van der Waals surface area (Å²) in [5.41, 5.74) is 0. The standard InChI is InChI=1S/C12H19N3/c1-11-5-2-6-12(11)15(9-3-7-13)10-4-8-14/h11-12H,2-6,9-10H2,1H3. The topological polar surface area (TPSA) is 50.8 Å². The zero-order valence-electron chi connectivity index (χ0n) is 9.45. The first-order chi connectivity index (χ1) is 7.29. The number of hydrogen-bond acceptors (Lipinski definition) is 3. The van der Waals surface area contributed by atoms with E-state index < -0.39 is 0 Å². The molecule has 3 heteroatoms. The van der Waals surface area contributed by atoms with Crippen molar-refractivity contribution in [2.45, 2.75) is 45.1 Å². The van der Waals surface area contributed by atoms with Gasteiger partial charge in [-0.1, -0.05) is 13.3 Å². The highest BCUT2D eigenvalue weighted by molar-refractivity contribution is 4.86. The lowest BCUT2D eigenvalue weighted by Crippen LogP contribution is -2.38. The smallest absolute Gasteiger partial charge is 0.0635 e. The Morgan fingerprint density at radius 3 is 2.13 bits per heavy atom. The van der Waals surface area contributed by atoms with Crippen molar-refractivity contribution in [3.05, 3.63) is 0 Å². The van der Waals surface area contributed by atoms with Gasteiger partial charge in [-0.3, -0.25) is 4.90 Å². The van der Waals surface area contributed by atoms with Crippen LogP contribution in [0.3, 0.4) is 0 Å². The van der Waals surface area contributed by atoms with Gasteiger partial charge in [0.2, 0.25) is 0 Å². The van der Waals surface area contributed by atoms with Gasteiger partial charge in [0.15, 0.2) is 0 Å². The van der Waals surface area contributed by atoms with Crippen molar-refractivity contribution in [2.75, 3.05) is 13.1 Å². The van der Waals surface area contributed by atoms with E-state index in [-0.39, 0.29) is 0 Å². The molecule has 0 aromatic rings. The van der Waals surface area contributed by atoms with Crippen molar-refractivity contribution in [3.8, 4) is 12.1 Å². The van der Waals surface area contributed by atoms with Crippen LogP contribution >= 0.6 is 0 Å². The Kier molecular flexibility index (Phi) is 5.15. The van der Waals surface area contributed by atoms with Gasteiger partial charge in [-0.2, -0.15) is 10.5 Å². The molecule has 0 aromatic carbocycles. The maximum absolute atomic E-state index is 8.61. The van der Waals surface area contributed by atoms with E-state index in [1.807, 2.05) is 0 Å². The third kappa shape index (κ3) is 3.53. The second-order valence-electron chi connectivity index (χ2n) is 4.33. The van der Waals surface area contributed by atoms with Gasteiger partial charge in [0.05, 0.1) is 12.1 Å². The lowest BCUT2D eigenvalue weighted by molar-refractivity contribution is 0.173. The summed E-state index contributed by atoms with van der Waals surface area (Å²) in [5, 5.41) is 17.2. The first-order valence-corrected chi connectivity index (χ1v) is 5.77. The number of hydrogen-bond donors (Lipinski definition) is 0. The fourth-order valence-corrected chi connectivity index (χ4v) is 2.50. The van der Waals surface area contributed by atoms with E-state index in [1.165, 1.54) is 19.3 Å². The first kappa shape index (κ1) is 12.0. The van der Waals surface area contributed by atoms with Crippen LogP contribution < -0.4 is 0 Å². The summed E-state index contributed by atoms with van der Waals surface area (Å²) in [6.45, 7) is 3.93. The number of rotatable bonds is 5. The molecule has 1 rings (SSSR count). The molecule has 0 bridgehead atoms. The number of nitriles is 2. The Bertz CT molecular complexity index is 243. The Labute approximate surface area is 92.3 Å². The fourth-order valence-electron chi connectivity index (χ4n) is 2.50. The van der Waals surface area contributed by atoms with Crippen molar-refractivity contribution in [2.24, 2.45) is 5.92 Å². The molecule has 0 saturated heterocycles. The van der Waals surface area contributed by atoms with Crippen LogP contribution in [0, 0.1) is 28.6 Å². The molecular weight excluding hydrogens is 186 g/mol. The molecule has 1 saturated carbocycles. The Balaban J connectivity index is 2.47. The van der Waals surface area contributed by atoms with Crippen LogP contribution in [0.5, 0.6) is 0 Å². The lowest BCUT2D eigenvalue weighted by atomic mass is 10.0. The molecule has 1 aliphatic carbocycles. The second-order valence-corrected chi connectivity index (χ2v) is 4.33. The second kappa shape index (κ2) is 6.43. The molecule has 2 unspecified atom stereocenters. The lowest BCUT2D eigenvalue weighted by Gasteiger charge is -2.30. The largest absolute Gasteiger partial charge is 0.298 e. The van der Waals surface area contributed by atoms with Crippen molar-refractivity contribution in [3.63, 3.8) is 0 Å². The van der Waals surface area contributed by atoms with Gasteiger partial charge in [0.25, 0.3) is 0 Å². The van der Waals surface area contributed by atoms with Crippen molar-refractivity contribution >= 4 is 0 Å². The molecule has 0 aromatic heterocycles. The van der Waals surface area contributed by atoms with Crippen LogP contribution in [-0.2, 0) is 0 Å². The molecule has 3 nitrogen and oxygen atoms in total. The van der Waals surface area contributed by atoms with Crippen LogP contribution in [0.1, 0.15) is 39.0 Å². The molecule has 0 radical (unpaired) electrons. The molecule has 0 heterocycles. The van der Waals surface area contributed by atoms with Crippen molar-refractivity contribution in [1.29, 1.82) is 10.5 Å². The molecule has 1 fully saturated rings. The van der Waals surface area contributed by atoms with Gasteiger partial charge >= 0.3 is 0 Å². The average molecular weight is 205 g/mol. The third-order valence-electron chi connectivity index (χ3n) is 3.31.